The summed E-state index contributed by atoms with van der Waals surface area (Å²) in [7, 11) is 0. The average molecular weight is 313 g/mol. The SMILES string of the molecule is CC(C)CN1CCOC(COC(=O)c2ccc(F)cc2F)C1. The smallest absolute Gasteiger partial charge is 0.341 e. The number of carbonyl (C=O) groups excluding carboxylic acids is 1. The van der Waals surface area contributed by atoms with Crippen molar-refractivity contribution in [2.75, 3.05) is 32.8 Å². The Morgan fingerprint density at radius 1 is 1.45 bits per heavy atom. The molecule has 122 valence electrons. The third-order valence-electron chi connectivity index (χ3n) is 3.40. The van der Waals surface area contributed by atoms with Crippen molar-refractivity contribution in [3.63, 3.8) is 0 Å². The van der Waals surface area contributed by atoms with E-state index in [9.17, 15) is 13.6 Å². The lowest BCUT2D eigenvalue weighted by molar-refractivity contribution is -0.0613. The Morgan fingerprint density at radius 2 is 2.23 bits per heavy atom. The summed E-state index contributed by atoms with van der Waals surface area (Å²) in [5.41, 5.74) is -0.267. The van der Waals surface area contributed by atoms with Gasteiger partial charge in [0, 0.05) is 25.7 Å². The molecule has 1 aliphatic rings. The van der Waals surface area contributed by atoms with E-state index in [1.807, 2.05) is 0 Å². The van der Waals surface area contributed by atoms with Gasteiger partial charge in [0.25, 0.3) is 0 Å². The number of hydrogen-bond donors (Lipinski definition) is 0. The summed E-state index contributed by atoms with van der Waals surface area (Å²) in [6.07, 6.45) is -0.222. The van der Waals surface area contributed by atoms with Gasteiger partial charge >= 0.3 is 5.97 Å². The third-order valence-corrected chi connectivity index (χ3v) is 3.40. The van der Waals surface area contributed by atoms with Crippen molar-refractivity contribution < 1.29 is 23.0 Å². The Labute approximate surface area is 129 Å². The van der Waals surface area contributed by atoms with E-state index in [4.69, 9.17) is 9.47 Å². The number of esters is 1. The third kappa shape index (κ3) is 4.74. The molecule has 1 unspecified atom stereocenters. The van der Waals surface area contributed by atoms with Crippen molar-refractivity contribution in [2.24, 2.45) is 5.92 Å². The molecule has 0 amide bonds. The van der Waals surface area contributed by atoms with Crippen molar-refractivity contribution in [1.82, 2.24) is 4.90 Å². The maximum absolute atomic E-state index is 13.5. The van der Waals surface area contributed by atoms with Crippen LogP contribution in [0.2, 0.25) is 0 Å². The van der Waals surface area contributed by atoms with Crippen LogP contribution in [0.3, 0.4) is 0 Å². The van der Waals surface area contributed by atoms with Crippen LogP contribution in [0, 0.1) is 17.6 Å². The molecular weight excluding hydrogens is 292 g/mol. The molecule has 1 fully saturated rings. The van der Waals surface area contributed by atoms with Crippen LogP contribution in [0.1, 0.15) is 24.2 Å². The minimum atomic E-state index is -0.920. The van der Waals surface area contributed by atoms with Crippen molar-refractivity contribution in [1.29, 1.82) is 0 Å². The summed E-state index contributed by atoms with van der Waals surface area (Å²) in [4.78, 5) is 14.1. The standard InChI is InChI=1S/C16H21F2NO3/c1-11(2)8-19-5-6-21-13(9-19)10-22-16(20)14-4-3-12(17)7-15(14)18/h3-4,7,11,13H,5-6,8-10H2,1-2H3. The second-order valence-electron chi connectivity index (χ2n) is 5.87. The fraction of sp³-hybridized carbons (Fsp3) is 0.562. The first-order chi connectivity index (χ1) is 10.5. The number of ether oxygens (including phenoxy) is 2. The molecule has 2 rings (SSSR count). The molecular formula is C16H21F2NO3. The Kier molecular flexibility index (Phi) is 5.85. The lowest BCUT2D eigenvalue weighted by Crippen LogP contribution is -2.45. The predicted octanol–water partition coefficient (Wildman–Crippen LogP) is 2.48. The fourth-order valence-electron chi connectivity index (χ4n) is 2.46. The molecule has 0 spiro atoms. The summed E-state index contributed by atoms with van der Waals surface area (Å²) in [5, 5.41) is 0. The van der Waals surface area contributed by atoms with Gasteiger partial charge in [-0.1, -0.05) is 13.8 Å². The summed E-state index contributed by atoms with van der Waals surface area (Å²) >= 11 is 0. The van der Waals surface area contributed by atoms with E-state index in [2.05, 4.69) is 18.7 Å². The molecule has 0 N–H and O–H groups in total. The van der Waals surface area contributed by atoms with Crippen LogP contribution in [0.4, 0.5) is 8.78 Å². The van der Waals surface area contributed by atoms with Crippen molar-refractivity contribution in [2.45, 2.75) is 20.0 Å². The maximum Gasteiger partial charge on any atom is 0.341 e. The van der Waals surface area contributed by atoms with Gasteiger partial charge in [0.1, 0.15) is 24.3 Å². The first-order valence-electron chi connectivity index (χ1n) is 7.42. The molecule has 1 aliphatic heterocycles. The number of rotatable bonds is 5. The molecule has 1 heterocycles. The molecule has 0 saturated carbocycles. The molecule has 1 saturated heterocycles. The topological polar surface area (TPSA) is 38.8 Å². The van der Waals surface area contributed by atoms with Crippen LogP contribution >= 0.6 is 0 Å². The Balaban J connectivity index is 1.85. The lowest BCUT2D eigenvalue weighted by Gasteiger charge is -2.33. The molecule has 4 nitrogen and oxygen atoms in total. The van der Waals surface area contributed by atoms with Crippen molar-refractivity contribution in [3.05, 3.63) is 35.4 Å². The molecule has 0 radical (unpaired) electrons. The molecule has 6 heteroatoms. The summed E-state index contributed by atoms with van der Waals surface area (Å²) < 4.78 is 37.0. The summed E-state index contributed by atoms with van der Waals surface area (Å²) in [6.45, 7) is 7.42. The largest absolute Gasteiger partial charge is 0.459 e. The first kappa shape index (κ1) is 16.8. The maximum atomic E-state index is 13.5. The molecule has 0 aromatic heterocycles. The Hall–Kier alpha value is -1.53. The zero-order valence-corrected chi connectivity index (χ0v) is 12.9. The van der Waals surface area contributed by atoms with Crippen molar-refractivity contribution in [3.8, 4) is 0 Å². The highest BCUT2D eigenvalue weighted by atomic mass is 19.1. The monoisotopic (exact) mass is 313 g/mol. The van der Waals surface area contributed by atoms with E-state index < -0.39 is 17.6 Å². The van der Waals surface area contributed by atoms with Crippen LogP contribution in [0.5, 0.6) is 0 Å². The number of carbonyl (C=O) groups is 1. The predicted molar refractivity (Wildman–Crippen MR) is 77.7 cm³/mol. The first-order valence-corrected chi connectivity index (χ1v) is 7.42. The number of morpholine rings is 1. The van der Waals surface area contributed by atoms with Gasteiger partial charge in [-0.25, -0.2) is 13.6 Å². The van der Waals surface area contributed by atoms with Crippen LogP contribution in [0.25, 0.3) is 0 Å². The molecule has 22 heavy (non-hydrogen) atoms. The minimum Gasteiger partial charge on any atom is -0.459 e. The van der Waals surface area contributed by atoms with Crippen LogP contribution in [-0.2, 0) is 9.47 Å². The van der Waals surface area contributed by atoms with E-state index in [-0.39, 0.29) is 18.3 Å². The van der Waals surface area contributed by atoms with E-state index >= 15 is 0 Å². The quantitative estimate of drug-likeness (QED) is 0.783. The highest BCUT2D eigenvalue weighted by Gasteiger charge is 2.23. The number of nitrogens with zero attached hydrogens (tertiary/aromatic N) is 1. The van der Waals surface area contributed by atoms with E-state index in [0.29, 0.717) is 25.1 Å². The second kappa shape index (κ2) is 7.65. The molecule has 0 aliphatic carbocycles. The summed E-state index contributed by atoms with van der Waals surface area (Å²) in [5.74, 6) is -1.90. The fourth-order valence-corrected chi connectivity index (χ4v) is 2.46. The molecule has 1 aromatic carbocycles. The van der Waals surface area contributed by atoms with Gasteiger partial charge in [-0.3, -0.25) is 4.90 Å². The lowest BCUT2D eigenvalue weighted by atomic mass is 10.2. The number of halogens is 2. The minimum absolute atomic E-state index is 0.0598. The van der Waals surface area contributed by atoms with E-state index in [1.54, 1.807) is 0 Å². The van der Waals surface area contributed by atoms with Crippen LogP contribution < -0.4 is 0 Å². The van der Waals surface area contributed by atoms with Gasteiger partial charge in [0.15, 0.2) is 0 Å². The van der Waals surface area contributed by atoms with Gasteiger partial charge < -0.3 is 9.47 Å². The van der Waals surface area contributed by atoms with Gasteiger partial charge in [0.05, 0.1) is 12.2 Å². The normalized spacial score (nSPS) is 19.4. The second-order valence-corrected chi connectivity index (χ2v) is 5.87. The number of hydrogen-bond acceptors (Lipinski definition) is 4. The number of benzene rings is 1. The van der Waals surface area contributed by atoms with Crippen molar-refractivity contribution >= 4 is 5.97 Å². The highest BCUT2D eigenvalue weighted by Crippen LogP contribution is 2.13. The van der Waals surface area contributed by atoms with Crippen LogP contribution in [0.15, 0.2) is 18.2 Å². The zero-order valence-electron chi connectivity index (χ0n) is 12.9. The highest BCUT2D eigenvalue weighted by molar-refractivity contribution is 5.89. The van der Waals surface area contributed by atoms with Gasteiger partial charge in [-0.05, 0) is 18.1 Å². The average Bonchev–Trinajstić information content (AvgIpc) is 2.44. The van der Waals surface area contributed by atoms with Gasteiger partial charge in [-0.15, -0.1) is 0 Å². The van der Waals surface area contributed by atoms with Gasteiger partial charge in [-0.2, -0.15) is 0 Å². The Bertz CT molecular complexity index is 522. The zero-order chi connectivity index (χ0) is 16.1. The summed E-state index contributed by atoms with van der Waals surface area (Å²) in [6, 6.07) is 2.78. The van der Waals surface area contributed by atoms with Crippen LogP contribution in [-0.4, -0.2) is 49.8 Å². The Morgan fingerprint density at radius 3 is 2.91 bits per heavy atom. The molecule has 1 aromatic rings. The van der Waals surface area contributed by atoms with E-state index in [1.165, 1.54) is 0 Å². The molecule has 1 atom stereocenters. The molecule has 0 bridgehead atoms. The van der Waals surface area contributed by atoms with Gasteiger partial charge in [0.2, 0.25) is 0 Å². The van der Waals surface area contributed by atoms with E-state index in [0.717, 1.165) is 25.2 Å².